The van der Waals surface area contributed by atoms with Crippen LogP contribution in [0.2, 0.25) is 0 Å². The standard InChI is InChI=1S/C14H12N4O3/c1-9-7-8-15-14-16-12(17-18(9)14)13(19)21-11-6-4-3-5-10(11)20-2/h3-8H,1-2H3. The van der Waals surface area contributed by atoms with Crippen LogP contribution in [0.5, 0.6) is 11.5 Å². The van der Waals surface area contributed by atoms with E-state index in [1.807, 2.05) is 6.92 Å². The van der Waals surface area contributed by atoms with E-state index in [1.54, 1.807) is 36.5 Å². The lowest BCUT2D eigenvalue weighted by Gasteiger charge is -2.06. The summed E-state index contributed by atoms with van der Waals surface area (Å²) in [6, 6.07) is 8.64. The average Bonchev–Trinajstić information content (AvgIpc) is 2.93. The Kier molecular flexibility index (Phi) is 3.23. The third kappa shape index (κ3) is 2.40. The number of nitrogens with zero attached hydrogens (tertiary/aromatic N) is 4. The fourth-order valence-electron chi connectivity index (χ4n) is 1.84. The molecule has 0 bridgehead atoms. The maximum Gasteiger partial charge on any atom is 0.383 e. The summed E-state index contributed by atoms with van der Waals surface area (Å²) in [7, 11) is 1.50. The number of ether oxygens (including phenoxy) is 2. The first-order valence-electron chi connectivity index (χ1n) is 6.22. The normalized spacial score (nSPS) is 10.6. The van der Waals surface area contributed by atoms with Crippen molar-refractivity contribution in [3.8, 4) is 11.5 Å². The van der Waals surface area contributed by atoms with Gasteiger partial charge >= 0.3 is 5.97 Å². The van der Waals surface area contributed by atoms with Gasteiger partial charge in [0.15, 0.2) is 11.5 Å². The molecule has 0 aliphatic rings. The summed E-state index contributed by atoms with van der Waals surface area (Å²) in [5.41, 5.74) is 0.823. The van der Waals surface area contributed by atoms with Crippen molar-refractivity contribution in [2.24, 2.45) is 0 Å². The number of aryl methyl sites for hydroxylation is 1. The van der Waals surface area contributed by atoms with Crippen molar-refractivity contribution in [2.45, 2.75) is 6.92 Å². The first kappa shape index (κ1) is 13.0. The Bertz CT molecular complexity index is 813. The molecule has 0 aliphatic heterocycles. The number of fused-ring (bicyclic) bond motifs is 1. The molecule has 0 amide bonds. The highest BCUT2D eigenvalue weighted by Crippen LogP contribution is 2.26. The van der Waals surface area contributed by atoms with E-state index >= 15 is 0 Å². The molecule has 3 rings (SSSR count). The molecule has 21 heavy (non-hydrogen) atoms. The molecule has 2 aromatic heterocycles. The lowest BCUT2D eigenvalue weighted by molar-refractivity contribution is 0.0717. The summed E-state index contributed by atoms with van der Waals surface area (Å²) >= 11 is 0. The van der Waals surface area contributed by atoms with Crippen LogP contribution in [0.4, 0.5) is 0 Å². The van der Waals surface area contributed by atoms with Crippen LogP contribution in [0.15, 0.2) is 36.5 Å². The third-order valence-electron chi connectivity index (χ3n) is 2.88. The number of para-hydroxylation sites is 2. The molecule has 0 unspecified atom stereocenters. The second-order valence-corrected chi connectivity index (χ2v) is 4.27. The van der Waals surface area contributed by atoms with E-state index in [4.69, 9.17) is 9.47 Å². The van der Waals surface area contributed by atoms with Gasteiger partial charge in [-0.15, -0.1) is 5.10 Å². The smallest absolute Gasteiger partial charge is 0.383 e. The van der Waals surface area contributed by atoms with Crippen LogP contribution in [0.1, 0.15) is 16.3 Å². The van der Waals surface area contributed by atoms with Gasteiger partial charge in [-0.05, 0) is 25.1 Å². The molecule has 0 spiro atoms. The molecule has 7 heteroatoms. The van der Waals surface area contributed by atoms with Gasteiger partial charge in [-0.3, -0.25) is 0 Å². The van der Waals surface area contributed by atoms with Crippen molar-refractivity contribution in [1.29, 1.82) is 0 Å². The van der Waals surface area contributed by atoms with Crippen molar-refractivity contribution in [1.82, 2.24) is 19.6 Å². The Morgan fingerprint density at radius 3 is 2.67 bits per heavy atom. The number of esters is 1. The maximum absolute atomic E-state index is 12.1. The van der Waals surface area contributed by atoms with Gasteiger partial charge in [0.2, 0.25) is 0 Å². The summed E-state index contributed by atoms with van der Waals surface area (Å²) in [4.78, 5) is 20.2. The summed E-state index contributed by atoms with van der Waals surface area (Å²) in [6.07, 6.45) is 1.61. The predicted octanol–water partition coefficient (Wildman–Crippen LogP) is 1.66. The summed E-state index contributed by atoms with van der Waals surface area (Å²) in [5.74, 6) is 0.409. The SMILES string of the molecule is COc1ccccc1OC(=O)c1nc2nccc(C)n2n1. The summed E-state index contributed by atoms with van der Waals surface area (Å²) < 4.78 is 11.9. The van der Waals surface area contributed by atoms with Gasteiger partial charge in [-0.25, -0.2) is 14.3 Å². The average molecular weight is 284 g/mol. The van der Waals surface area contributed by atoms with Gasteiger partial charge < -0.3 is 9.47 Å². The van der Waals surface area contributed by atoms with E-state index in [0.717, 1.165) is 5.69 Å². The highest BCUT2D eigenvalue weighted by Gasteiger charge is 2.18. The minimum Gasteiger partial charge on any atom is -0.493 e. The van der Waals surface area contributed by atoms with Crippen LogP contribution in [0.3, 0.4) is 0 Å². The van der Waals surface area contributed by atoms with Crippen molar-refractivity contribution in [3.05, 3.63) is 48.0 Å². The van der Waals surface area contributed by atoms with E-state index < -0.39 is 5.97 Å². The van der Waals surface area contributed by atoms with E-state index in [2.05, 4.69) is 15.1 Å². The van der Waals surface area contributed by atoms with Gasteiger partial charge in [-0.2, -0.15) is 4.98 Å². The third-order valence-corrected chi connectivity index (χ3v) is 2.88. The van der Waals surface area contributed by atoms with Crippen molar-refractivity contribution < 1.29 is 14.3 Å². The van der Waals surface area contributed by atoms with E-state index in [-0.39, 0.29) is 5.82 Å². The van der Waals surface area contributed by atoms with E-state index in [0.29, 0.717) is 17.3 Å². The molecular weight excluding hydrogens is 272 g/mol. The zero-order chi connectivity index (χ0) is 14.8. The largest absolute Gasteiger partial charge is 0.493 e. The van der Waals surface area contributed by atoms with Crippen LogP contribution in [-0.2, 0) is 0 Å². The molecule has 0 saturated carbocycles. The number of hydrogen-bond acceptors (Lipinski definition) is 6. The Labute approximate surface area is 120 Å². The number of benzene rings is 1. The minimum absolute atomic E-state index is 0.0530. The topological polar surface area (TPSA) is 78.6 Å². The zero-order valence-corrected chi connectivity index (χ0v) is 11.5. The molecule has 0 N–H and O–H groups in total. The Hall–Kier alpha value is -2.96. The Morgan fingerprint density at radius 2 is 1.95 bits per heavy atom. The van der Waals surface area contributed by atoms with Gasteiger partial charge in [-0.1, -0.05) is 12.1 Å². The van der Waals surface area contributed by atoms with Gasteiger partial charge in [0, 0.05) is 11.9 Å². The lowest BCUT2D eigenvalue weighted by atomic mass is 10.3. The second kappa shape index (κ2) is 5.20. The zero-order valence-electron chi connectivity index (χ0n) is 11.5. The molecule has 0 fully saturated rings. The molecule has 106 valence electrons. The van der Waals surface area contributed by atoms with Crippen LogP contribution >= 0.6 is 0 Å². The number of carbonyl (C=O) groups excluding carboxylic acids is 1. The molecule has 0 aliphatic carbocycles. The number of aromatic nitrogens is 4. The highest BCUT2D eigenvalue weighted by atomic mass is 16.6. The quantitative estimate of drug-likeness (QED) is 0.537. The Morgan fingerprint density at radius 1 is 1.19 bits per heavy atom. The molecular formula is C14H12N4O3. The molecule has 7 nitrogen and oxygen atoms in total. The minimum atomic E-state index is -0.663. The fourth-order valence-corrected chi connectivity index (χ4v) is 1.84. The van der Waals surface area contributed by atoms with Crippen molar-refractivity contribution in [3.63, 3.8) is 0 Å². The lowest BCUT2D eigenvalue weighted by Crippen LogP contribution is -2.11. The number of carbonyl (C=O) groups is 1. The monoisotopic (exact) mass is 284 g/mol. The van der Waals surface area contributed by atoms with Gasteiger partial charge in [0.25, 0.3) is 11.6 Å². The molecule has 1 aromatic carbocycles. The summed E-state index contributed by atoms with van der Waals surface area (Å²) in [5, 5.41) is 4.09. The molecule has 0 radical (unpaired) electrons. The summed E-state index contributed by atoms with van der Waals surface area (Å²) in [6.45, 7) is 1.85. The van der Waals surface area contributed by atoms with Crippen LogP contribution < -0.4 is 9.47 Å². The van der Waals surface area contributed by atoms with Crippen molar-refractivity contribution in [2.75, 3.05) is 7.11 Å². The van der Waals surface area contributed by atoms with Gasteiger partial charge in [0.05, 0.1) is 7.11 Å². The highest BCUT2D eigenvalue weighted by molar-refractivity contribution is 5.87. The van der Waals surface area contributed by atoms with Crippen LogP contribution in [0, 0.1) is 6.92 Å². The van der Waals surface area contributed by atoms with E-state index in [9.17, 15) is 4.79 Å². The van der Waals surface area contributed by atoms with Crippen molar-refractivity contribution >= 4 is 11.7 Å². The van der Waals surface area contributed by atoms with Gasteiger partial charge in [0.1, 0.15) is 0 Å². The van der Waals surface area contributed by atoms with Crippen LogP contribution in [0.25, 0.3) is 5.78 Å². The van der Waals surface area contributed by atoms with Crippen LogP contribution in [-0.4, -0.2) is 32.7 Å². The molecule has 2 heterocycles. The number of hydrogen-bond donors (Lipinski definition) is 0. The van der Waals surface area contributed by atoms with E-state index in [1.165, 1.54) is 11.6 Å². The molecule has 3 aromatic rings. The Balaban J connectivity index is 1.92. The number of rotatable bonds is 3. The maximum atomic E-state index is 12.1. The molecule has 0 atom stereocenters. The first-order chi connectivity index (χ1) is 10.2. The second-order valence-electron chi connectivity index (χ2n) is 4.27. The predicted molar refractivity (Wildman–Crippen MR) is 73.5 cm³/mol. The molecule has 0 saturated heterocycles. The number of methoxy groups -OCH3 is 1. The first-order valence-corrected chi connectivity index (χ1v) is 6.22. The fraction of sp³-hybridized carbons (Fsp3) is 0.143.